The molecule has 1 aromatic heterocycles. The Morgan fingerprint density at radius 1 is 1.11 bits per heavy atom. The number of allylic oxidation sites excluding steroid dienone is 1. The summed E-state index contributed by atoms with van der Waals surface area (Å²) in [4.78, 5) is 33.8. The fraction of sp³-hybridized carbons (Fsp3) is 0.188. The SMILES string of the molecule is Cn1nnnc1SCC1=C(C(=O)OC(c2ccccc2)c2ccccc2)N2C(=O)[C@@](N)(N=CC(Cl)=Cc3ccccc3)[C@@H]2SC1. The third-order valence-electron chi connectivity index (χ3n) is 7.25. The summed E-state index contributed by atoms with van der Waals surface area (Å²) in [7, 11) is 1.74. The maximum Gasteiger partial charge on any atom is 0.356 e. The Morgan fingerprint density at radius 2 is 1.73 bits per heavy atom. The molecular weight excluding hydrogens is 630 g/mol. The normalized spacial score (nSPS) is 20.0. The molecule has 228 valence electrons. The number of hydrogen-bond donors (Lipinski definition) is 1. The highest BCUT2D eigenvalue weighted by atomic mass is 35.5. The molecule has 3 heterocycles. The summed E-state index contributed by atoms with van der Waals surface area (Å²) < 4.78 is 7.77. The highest BCUT2D eigenvalue weighted by molar-refractivity contribution is 8.01. The zero-order valence-electron chi connectivity index (χ0n) is 24.1. The standard InChI is InChI=1S/C32H28ClN7O3S2/c1-39-31(36-37-38-39)45-20-24-19-44-30-32(34,35-18-25(33)17-21-11-5-2-6-12-21)29(42)40(30)26(24)28(41)43-27(22-13-7-3-8-14-22)23-15-9-4-10-16-23/h2-18,27,30H,19-20,34H2,1H3/t30-,32+/m0/s1. The molecule has 2 N–H and O–H groups in total. The third-order valence-corrected chi connectivity index (χ3v) is 9.95. The van der Waals surface area contributed by atoms with Crippen molar-refractivity contribution in [1.82, 2.24) is 25.1 Å². The lowest BCUT2D eigenvalue weighted by Gasteiger charge is -2.53. The second-order valence-corrected chi connectivity index (χ2v) is 12.7. The zero-order valence-corrected chi connectivity index (χ0v) is 26.5. The molecule has 0 spiro atoms. The van der Waals surface area contributed by atoms with E-state index in [4.69, 9.17) is 22.1 Å². The number of rotatable bonds is 10. The van der Waals surface area contributed by atoms with E-state index in [2.05, 4.69) is 20.5 Å². The van der Waals surface area contributed by atoms with Gasteiger partial charge in [-0.15, -0.1) is 16.9 Å². The number of carbonyl (C=O) groups excluding carboxylic acids is 2. The molecule has 45 heavy (non-hydrogen) atoms. The minimum absolute atomic E-state index is 0.158. The number of thioether (sulfide) groups is 2. The van der Waals surface area contributed by atoms with Gasteiger partial charge in [0.1, 0.15) is 11.1 Å². The van der Waals surface area contributed by atoms with Gasteiger partial charge in [0.05, 0.1) is 5.03 Å². The van der Waals surface area contributed by atoms with Gasteiger partial charge in [-0.3, -0.25) is 20.4 Å². The van der Waals surface area contributed by atoms with Gasteiger partial charge in [0, 0.05) is 24.8 Å². The van der Waals surface area contributed by atoms with Crippen LogP contribution in [0.25, 0.3) is 6.08 Å². The van der Waals surface area contributed by atoms with Crippen LogP contribution in [0.2, 0.25) is 0 Å². The van der Waals surface area contributed by atoms with E-state index in [0.717, 1.165) is 16.7 Å². The minimum Gasteiger partial charge on any atom is -0.448 e. The number of amides is 1. The molecule has 2 atom stereocenters. The second-order valence-electron chi connectivity index (χ2n) is 10.3. The fourth-order valence-electron chi connectivity index (χ4n) is 5.00. The van der Waals surface area contributed by atoms with E-state index in [0.29, 0.717) is 27.3 Å². The minimum atomic E-state index is -1.61. The summed E-state index contributed by atoms with van der Waals surface area (Å²) in [5.74, 6) is -0.381. The molecule has 6 rings (SSSR count). The average Bonchev–Trinajstić information content (AvgIpc) is 3.49. The van der Waals surface area contributed by atoms with Crippen LogP contribution < -0.4 is 5.73 Å². The van der Waals surface area contributed by atoms with E-state index in [9.17, 15) is 9.59 Å². The number of aryl methyl sites for hydroxylation is 1. The van der Waals surface area contributed by atoms with E-state index in [1.165, 1.54) is 34.6 Å². The summed E-state index contributed by atoms with van der Waals surface area (Å²) in [6.45, 7) is 0. The van der Waals surface area contributed by atoms with Gasteiger partial charge in [0.15, 0.2) is 6.10 Å². The van der Waals surface area contributed by atoms with Crippen molar-refractivity contribution in [3.63, 3.8) is 0 Å². The molecule has 1 fully saturated rings. The molecule has 1 amide bonds. The number of β-lactam (4-membered cyclic amide) rings is 1. The Labute approximate surface area is 273 Å². The van der Waals surface area contributed by atoms with E-state index in [-0.39, 0.29) is 5.70 Å². The Balaban J connectivity index is 1.31. The number of ether oxygens (including phenoxy) is 1. The van der Waals surface area contributed by atoms with Gasteiger partial charge in [-0.1, -0.05) is 114 Å². The maximum atomic E-state index is 14.2. The average molecular weight is 658 g/mol. The summed E-state index contributed by atoms with van der Waals surface area (Å²) in [5.41, 5.74) is 8.34. The summed E-state index contributed by atoms with van der Waals surface area (Å²) in [6, 6.07) is 28.5. The highest BCUT2D eigenvalue weighted by Gasteiger charge is 2.63. The van der Waals surface area contributed by atoms with Crippen LogP contribution in [0.15, 0.2) is 117 Å². The number of aliphatic imine (C=N–C) groups is 1. The second kappa shape index (κ2) is 13.4. The van der Waals surface area contributed by atoms with Crippen molar-refractivity contribution in [3.8, 4) is 0 Å². The first-order valence-corrected chi connectivity index (χ1v) is 16.4. The topological polar surface area (TPSA) is 129 Å². The number of nitrogens with two attached hydrogens (primary N) is 1. The zero-order chi connectivity index (χ0) is 31.4. The summed E-state index contributed by atoms with van der Waals surface area (Å²) >= 11 is 9.21. The van der Waals surface area contributed by atoms with Gasteiger partial charge in [-0.25, -0.2) is 9.48 Å². The summed E-state index contributed by atoms with van der Waals surface area (Å²) in [6.07, 6.45) is 2.42. The molecular formula is C32H28ClN7O3S2. The first-order chi connectivity index (χ1) is 21.8. The molecule has 1 saturated heterocycles. The Bertz CT molecular complexity index is 1740. The number of aromatic nitrogens is 4. The molecule has 0 aliphatic carbocycles. The monoisotopic (exact) mass is 657 g/mol. The quantitative estimate of drug-likeness (QED) is 0.111. The number of benzene rings is 3. The molecule has 2 aliphatic rings. The lowest BCUT2D eigenvalue weighted by atomic mass is 9.97. The first kappa shape index (κ1) is 30.8. The van der Waals surface area contributed by atoms with Crippen molar-refractivity contribution in [2.45, 2.75) is 22.3 Å². The van der Waals surface area contributed by atoms with Crippen LogP contribution >= 0.6 is 35.1 Å². The van der Waals surface area contributed by atoms with Gasteiger partial charge in [-0.05, 0) is 38.8 Å². The molecule has 0 radical (unpaired) electrons. The van der Waals surface area contributed by atoms with Crippen LogP contribution in [0.5, 0.6) is 0 Å². The van der Waals surface area contributed by atoms with Crippen LogP contribution in [-0.4, -0.2) is 65.7 Å². The van der Waals surface area contributed by atoms with Gasteiger partial charge < -0.3 is 4.74 Å². The van der Waals surface area contributed by atoms with Crippen molar-refractivity contribution in [1.29, 1.82) is 0 Å². The Morgan fingerprint density at radius 3 is 2.33 bits per heavy atom. The van der Waals surface area contributed by atoms with Crippen LogP contribution in [0.1, 0.15) is 22.8 Å². The molecule has 2 aliphatic heterocycles. The molecule has 4 aromatic rings. The van der Waals surface area contributed by atoms with Crippen molar-refractivity contribution in [2.75, 3.05) is 11.5 Å². The van der Waals surface area contributed by atoms with Crippen molar-refractivity contribution in [2.24, 2.45) is 17.8 Å². The molecule has 13 heteroatoms. The number of nitrogens with zero attached hydrogens (tertiary/aromatic N) is 6. The van der Waals surface area contributed by atoms with Gasteiger partial charge >= 0.3 is 5.97 Å². The molecule has 3 aromatic carbocycles. The smallest absolute Gasteiger partial charge is 0.356 e. The van der Waals surface area contributed by atoms with Crippen LogP contribution in [0, 0.1) is 0 Å². The fourth-order valence-corrected chi connectivity index (χ4v) is 7.53. The lowest BCUT2D eigenvalue weighted by molar-refractivity contribution is -0.157. The van der Waals surface area contributed by atoms with E-state index in [1.807, 2.05) is 91.0 Å². The number of hydrogen-bond acceptors (Lipinski definition) is 10. The number of esters is 1. The highest BCUT2D eigenvalue weighted by Crippen LogP contribution is 2.47. The summed E-state index contributed by atoms with van der Waals surface area (Å²) in [5, 5.41) is 11.9. The maximum absolute atomic E-state index is 14.2. The van der Waals surface area contributed by atoms with Gasteiger partial charge in [-0.2, -0.15) is 0 Å². The number of carbonyl (C=O) groups is 2. The van der Waals surface area contributed by atoms with Crippen molar-refractivity contribution in [3.05, 3.63) is 124 Å². The van der Waals surface area contributed by atoms with E-state index < -0.39 is 29.0 Å². The lowest BCUT2D eigenvalue weighted by Crippen LogP contribution is -2.77. The molecule has 0 unspecified atom stereocenters. The van der Waals surface area contributed by atoms with Crippen molar-refractivity contribution >= 4 is 59.3 Å². The first-order valence-electron chi connectivity index (χ1n) is 13.9. The Hall–Kier alpha value is -4.23. The molecule has 0 saturated carbocycles. The van der Waals surface area contributed by atoms with Gasteiger partial charge in [0.25, 0.3) is 5.91 Å². The van der Waals surface area contributed by atoms with Crippen molar-refractivity contribution < 1.29 is 14.3 Å². The van der Waals surface area contributed by atoms with E-state index in [1.54, 1.807) is 17.8 Å². The number of fused-ring (bicyclic) bond motifs is 1. The van der Waals surface area contributed by atoms with Crippen LogP contribution in [0.4, 0.5) is 0 Å². The molecule has 0 bridgehead atoms. The predicted molar refractivity (Wildman–Crippen MR) is 176 cm³/mol. The predicted octanol–water partition coefficient (Wildman–Crippen LogP) is 4.81. The van der Waals surface area contributed by atoms with Gasteiger partial charge in [0.2, 0.25) is 10.8 Å². The Kier molecular flexibility index (Phi) is 9.17. The number of halogens is 1. The van der Waals surface area contributed by atoms with E-state index >= 15 is 0 Å². The van der Waals surface area contributed by atoms with Crippen LogP contribution in [-0.2, 0) is 21.4 Å². The number of tetrazole rings is 1. The van der Waals surface area contributed by atoms with Crippen LogP contribution in [0.3, 0.4) is 0 Å². The molecule has 10 nitrogen and oxygen atoms in total. The third kappa shape index (κ3) is 6.45. The largest absolute Gasteiger partial charge is 0.448 e.